The Morgan fingerprint density at radius 3 is 3.31 bits per heavy atom. The molecular formula is C9H8N4O2S. The van der Waals surface area contributed by atoms with E-state index in [1.54, 1.807) is 5.38 Å². The van der Waals surface area contributed by atoms with E-state index in [9.17, 15) is 4.79 Å². The van der Waals surface area contributed by atoms with Crippen LogP contribution in [-0.2, 0) is 4.74 Å². The van der Waals surface area contributed by atoms with E-state index in [2.05, 4.69) is 31.6 Å². The molecule has 0 bridgehead atoms. The SMILES string of the molecule is COC(=O)c1csc(C#CCCN=[N+]=[N-])n1. The highest BCUT2D eigenvalue weighted by Crippen LogP contribution is 2.09. The molecular weight excluding hydrogens is 228 g/mol. The predicted molar refractivity (Wildman–Crippen MR) is 59.0 cm³/mol. The molecule has 82 valence electrons. The van der Waals surface area contributed by atoms with Crippen molar-refractivity contribution in [1.29, 1.82) is 0 Å². The summed E-state index contributed by atoms with van der Waals surface area (Å²) in [7, 11) is 1.30. The van der Waals surface area contributed by atoms with Crippen molar-refractivity contribution in [1.82, 2.24) is 4.98 Å². The number of methoxy groups -OCH3 is 1. The summed E-state index contributed by atoms with van der Waals surface area (Å²) in [5, 5.41) is 5.47. The van der Waals surface area contributed by atoms with E-state index in [0.29, 0.717) is 18.0 Å². The average Bonchev–Trinajstić information content (AvgIpc) is 2.76. The first-order valence-corrected chi connectivity index (χ1v) is 5.19. The Morgan fingerprint density at radius 2 is 2.62 bits per heavy atom. The molecule has 16 heavy (non-hydrogen) atoms. The topological polar surface area (TPSA) is 88.0 Å². The molecule has 0 amide bonds. The predicted octanol–water partition coefficient (Wildman–Crippen LogP) is 1.98. The van der Waals surface area contributed by atoms with Crippen molar-refractivity contribution in [3.05, 3.63) is 26.5 Å². The second-order valence-electron chi connectivity index (χ2n) is 2.54. The number of hydrogen-bond acceptors (Lipinski definition) is 5. The molecule has 0 atom stereocenters. The molecule has 0 aliphatic rings. The van der Waals surface area contributed by atoms with Crippen molar-refractivity contribution in [2.45, 2.75) is 6.42 Å². The number of carbonyl (C=O) groups is 1. The normalized spacial score (nSPS) is 8.56. The maximum absolute atomic E-state index is 11.1. The van der Waals surface area contributed by atoms with Crippen LogP contribution >= 0.6 is 11.3 Å². The zero-order valence-electron chi connectivity index (χ0n) is 8.51. The van der Waals surface area contributed by atoms with Gasteiger partial charge in [0, 0.05) is 23.3 Å². The Labute approximate surface area is 95.9 Å². The van der Waals surface area contributed by atoms with Crippen LogP contribution in [-0.4, -0.2) is 24.6 Å². The van der Waals surface area contributed by atoms with E-state index in [4.69, 9.17) is 5.53 Å². The Balaban J connectivity index is 2.57. The Bertz CT molecular complexity index is 479. The molecule has 0 saturated heterocycles. The first-order valence-electron chi connectivity index (χ1n) is 4.31. The van der Waals surface area contributed by atoms with Crippen LogP contribution in [0.25, 0.3) is 10.4 Å². The molecule has 0 radical (unpaired) electrons. The van der Waals surface area contributed by atoms with Gasteiger partial charge in [-0.25, -0.2) is 9.78 Å². The molecule has 1 rings (SSSR count). The molecule has 0 unspecified atom stereocenters. The highest BCUT2D eigenvalue weighted by Gasteiger charge is 2.08. The lowest BCUT2D eigenvalue weighted by molar-refractivity contribution is 0.0595. The molecule has 0 fully saturated rings. The maximum atomic E-state index is 11.1. The quantitative estimate of drug-likeness (QED) is 0.201. The zero-order valence-corrected chi connectivity index (χ0v) is 9.32. The third kappa shape index (κ3) is 3.61. The fraction of sp³-hybridized carbons (Fsp3) is 0.333. The first-order chi connectivity index (χ1) is 7.77. The van der Waals surface area contributed by atoms with E-state index in [-0.39, 0.29) is 5.69 Å². The number of rotatable bonds is 3. The molecule has 1 heterocycles. The van der Waals surface area contributed by atoms with Gasteiger partial charge in [0.05, 0.1) is 7.11 Å². The van der Waals surface area contributed by atoms with Gasteiger partial charge in [-0.3, -0.25) is 0 Å². The highest BCUT2D eigenvalue weighted by atomic mass is 32.1. The van der Waals surface area contributed by atoms with Crippen LogP contribution in [0, 0.1) is 11.8 Å². The molecule has 7 heteroatoms. The molecule has 1 aromatic heterocycles. The van der Waals surface area contributed by atoms with Crippen LogP contribution in [0.1, 0.15) is 21.9 Å². The summed E-state index contributed by atoms with van der Waals surface area (Å²) in [6.07, 6.45) is 0.469. The van der Waals surface area contributed by atoms with Gasteiger partial charge in [0.25, 0.3) is 0 Å². The van der Waals surface area contributed by atoms with Gasteiger partial charge in [-0.05, 0) is 11.5 Å². The average molecular weight is 236 g/mol. The Kier molecular flexibility index (Phi) is 4.86. The van der Waals surface area contributed by atoms with Crippen LogP contribution < -0.4 is 0 Å². The first kappa shape index (κ1) is 12.0. The van der Waals surface area contributed by atoms with Crippen molar-refractivity contribution < 1.29 is 9.53 Å². The third-order valence-corrected chi connectivity index (χ3v) is 2.25. The summed E-state index contributed by atoms with van der Waals surface area (Å²) in [4.78, 5) is 17.6. The lowest BCUT2D eigenvalue weighted by atomic mass is 10.4. The largest absolute Gasteiger partial charge is 0.464 e. The lowest BCUT2D eigenvalue weighted by Gasteiger charge is -1.89. The lowest BCUT2D eigenvalue weighted by Crippen LogP contribution is -2.00. The number of ether oxygens (including phenoxy) is 1. The van der Waals surface area contributed by atoms with E-state index < -0.39 is 5.97 Å². The van der Waals surface area contributed by atoms with Crippen molar-refractivity contribution in [2.24, 2.45) is 5.11 Å². The molecule has 0 saturated carbocycles. The number of hydrogen-bond donors (Lipinski definition) is 0. The minimum Gasteiger partial charge on any atom is -0.464 e. The minimum absolute atomic E-state index is 0.256. The van der Waals surface area contributed by atoms with Gasteiger partial charge in [0.1, 0.15) is 0 Å². The number of nitrogens with zero attached hydrogens (tertiary/aromatic N) is 4. The van der Waals surface area contributed by atoms with E-state index in [1.165, 1.54) is 18.4 Å². The second-order valence-corrected chi connectivity index (χ2v) is 3.39. The summed E-state index contributed by atoms with van der Waals surface area (Å²) in [6, 6.07) is 0. The summed E-state index contributed by atoms with van der Waals surface area (Å²) in [5.41, 5.74) is 8.28. The molecule has 0 spiro atoms. The van der Waals surface area contributed by atoms with E-state index in [0.717, 1.165) is 0 Å². The molecule has 0 aliphatic heterocycles. The maximum Gasteiger partial charge on any atom is 0.357 e. The summed E-state index contributed by atoms with van der Waals surface area (Å²) >= 11 is 1.27. The van der Waals surface area contributed by atoms with E-state index >= 15 is 0 Å². The summed E-state index contributed by atoms with van der Waals surface area (Å²) < 4.78 is 4.51. The minimum atomic E-state index is -0.474. The van der Waals surface area contributed by atoms with Gasteiger partial charge >= 0.3 is 5.97 Å². The second kappa shape index (κ2) is 6.45. The van der Waals surface area contributed by atoms with E-state index in [1.807, 2.05) is 0 Å². The van der Waals surface area contributed by atoms with Gasteiger partial charge in [0.15, 0.2) is 10.7 Å². The molecule has 0 aromatic carbocycles. The molecule has 0 aliphatic carbocycles. The van der Waals surface area contributed by atoms with Gasteiger partial charge in [-0.1, -0.05) is 11.0 Å². The standard InChI is InChI=1S/C9H8N4O2S/c1-15-9(14)7-6-16-8(12-7)4-2-3-5-11-13-10/h6H,3,5H2,1H3. The van der Waals surface area contributed by atoms with Gasteiger partial charge in [-0.2, -0.15) is 0 Å². The highest BCUT2D eigenvalue weighted by molar-refractivity contribution is 7.10. The number of esters is 1. The number of aromatic nitrogens is 1. The Hall–Kier alpha value is -2.03. The van der Waals surface area contributed by atoms with Crippen molar-refractivity contribution >= 4 is 17.3 Å². The van der Waals surface area contributed by atoms with Crippen LogP contribution in [0.5, 0.6) is 0 Å². The van der Waals surface area contributed by atoms with Crippen LogP contribution in [0.2, 0.25) is 0 Å². The zero-order chi connectivity index (χ0) is 11.8. The Morgan fingerprint density at radius 1 is 1.81 bits per heavy atom. The van der Waals surface area contributed by atoms with Gasteiger partial charge in [-0.15, -0.1) is 11.3 Å². The number of azide groups is 1. The van der Waals surface area contributed by atoms with Gasteiger partial charge < -0.3 is 4.74 Å². The van der Waals surface area contributed by atoms with Gasteiger partial charge in [0.2, 0.25) is 0 Å². The van der Waals surface area contributed by atoms with Crippen LogP contribution in [0.15, 0.2) is 10.5 Å². The molecule has 1 aromatic rings. The summed E-state index contributed by atoms with van der Waals surface area (Å²) in [5.74, 6) is 5.08. The monoisotopic (exact) mass is 236 g/mol. The number of carbonyl (C=O) groups excluding carboxylic acids is 1. The smallest absolute Gasteiger partial charge is 0.357 e. The molecule has 6 nitrogen and oxygen atoms in total. The van der Waals surface area contributed by atoms with Crippen LogP contribution in [0.4, 0.5) is 0 Å². The summed E-state index contributed by atoms with van der Waals surface area (Å²) in [6.45, 7) is 0.332. The third-order valence-electron chi connectivity index (χ3n) is 1.49. The fourth-order valence-electron chi connectivity index (χ4n) is 0.818. The van der Waals surface area contributed by atoms with Crippen molar-refractivity contribution in [3.8, 4) is 11.8 Å². The molecule has 0 N–H and O–H groups in total. The van der Waals surface area contributed by atoms with Crippen LogP contribution in [0.3, 0.4) is 0 Å². The fourth-order valence-corrected chi connectivity index (χ4v) is 1.47. The van der Waals surface area contributed by atoms with Crippen molar-refractivity contribution in [2.75, 3.05) is 13.7 Å². The van der Waals surface area contributed by atoms with Crippen molar-refractivity contribution in [3.63, 3.8) is 0 Å². The number of thiazole rings is 1.